The number of amides is 2. The Morgan fingerprint density at radius 2 is 1.55 bits per heavy atom. The molecule has 0 aromatic heterocycles. The van der Waals surface area contributed by atoms with Crippen LogP contribution in [0.4, 0.5) is 0 Å². The number of ether oxygens (including phenoxy) is 1. The molecule has 0 spiro atoms. The van der Waals surface area contributed by atoms with Gasteiger partial charge < -0.3 is 20.7 Å². The Balaban J connectivity index is 4.23. The minimum atomic E-state index is -0.249. The van der Waals surface area contributed by atoms with E-state index in [1.807, 2.05) is 46.4 Å². The molecule has 4 N–H and O–H groups in total. The van der Waals surface area contributed by atoms with E-state index in [9.17, 15) is 9.59 Å². The fourth-order valence-corrected chi connectivity index (χ4v) is 2.63. The fourth-order valence-electron chi connectivity index (χ4n) is 2.63. The Kier molecular flexibility index (Phi) is 8.63. The number of nitrogens with one attached hydrogen (secondary N) is 1. The summed E-state index contributed by atoms with van der Waals surface area (Å²) in [5.41, 5.74) is 3.16. The molecule has 2 amide bonds. The fraction of sp³-hybridized carbons (Fsp3) is 0.875. The Morgan fingerprint density at radius 1 is 1.00 bits per heavy atom. The van der Waals surface area contributed by atoms with E-state index in [1.54, 1.807) is 0 Å². The summed E-state index contributed by atoms with van der Waals surface area (Å²) in [4.78, 5) is 26.0. The first kappa shape index (κ1) is 20.9. The highest BCUT2D eigenvalue weighted by Gasteiger charge is 2.34. The number of rotatable bonds is 8. The Bertz CT molecular complexity index is 343. The SMILES string of the molecule is CC(C)(C)N(C(=O)CCNC(=O)CCOCC[NH3+])C(C)(C)C. The average molecular weight is 316 g/mol. The summed E-state index contributed by atoms with van der Waals surface area (Å²) in [6.45, 7) is 14.2. The lowest BCUT2D eigenvalue weighted by Crippen LogP contribution is -2.56. The second kappa shape index (κ2) is 9.10. The van der Waals surface area contributed by atoms with Gasteiger partial charge in [-0.2, -0.15) is 0 Å². The molecule has 0 aliphatic rings. The topological polar surface area (TPSA) is 86.3 Å². The molecule has 0 aliphatic heterocycles. The molecule has 0 aromatic carbocycles. The maximum atomic E-state index is 12.5. The molecule has 6 nitrogen and oxygen atoms in total. The van der Waals surface area contributed by atoms with Gasteiger partial charge in [0.1, 0.15) is 0 Å². The molecule has 22 heavy (non-hydrogen) atoms. The molecule has 130 valence electrons. The van der Waals surface area contributed by atoms with Crippen LogP contribution in [0.15, 0.2) is 0 Å². The van der Waals surface area contributed by atoms with Gasteiger partial charge in [-0.15, -0.1) is 0 Å². The summed E-state index contributed by atoms with van der Waals surface area (Å²) in [5, 5.41) is 2.77. The van der Waals surface area contributed by atoms with E-state index >= 15 is 0 Å². The zero-order valence-corrected chi connectivity index (χ0v) is 15.1. The summed E-state index contributed by atoms with van der Waals surface area (Å²) < 4.78 is 5.21. The van der Waals surface area contributed by atoms with Crippen molar-refractivity contribution < 1.29 is 20.1 Å². The van der Waals surface area contributed by atoms with Gasteiger partial charge in [-0.25, -0.2) is 0 Å². The van der Waals surface area contributed by atoms with Crippen LogP contribution in [0.2, 0.25) is 0 Å². The zero-order valence-electron chi connectivity index (χ0n) is 15.1. The molecule has 0 saturated carbocycles. The minimum Gasteiger partial charge on any atom is -0.375 e. The molecule has 6 heteroatoms. The predicted octanol–water partition coefficient (Wildman–Crippen LogP) is 0.567. The zero-order chi connectivity index (χ0) is 17.4. The van der Waals surface area contributed by atoms with Gasteiger partial charge in [-0.1, -0.05) is 0 Å². The van der Waals surface area contributed by atoms with E-state index in [0.29, 0.717) is 39.1 Å². The highest BCUT2D eigenvalue weighted by molar-refractivity contribution is 5.80. The van der Waals surface area contributed by atoms with Crippen LogP contribution in [0.3, 0.4) is 0 Å². The van der Waals surface area contributed by atoms with Crippen LogP contribution in [0, 0.1) is 0 Å². The summed E-state index contributed by atoms with van der Waals surface area (Å²) in [6, 6.07) is 0. The number of carbonyl (C=O) groups excluding carboxylic acids is 2. The van der Waals surface area contributed by atoms with Crippen molar-refractivity contribution in [1.82, 2.24) is 10.2 Å². The molecular weight excluding hydrogens is 282 g/mol. The highest BCUT2D eigenvalue weighted by atomic mass is 16.5. The van der Waals surface area contributed by atoms with Crippen molar-refractivity contribution >= 4 is 11.8 Å². The largest absolute Gasteiger partial charge is 0.375 e. The van der Waals surface area contributed by atoms with Gasteiger partial charge in [-0.3, -0.25) is 9.59 Å². The van der Waals surface area contributed by atoms with Crippen LogP contribution in [0.5, 0.6) is 0 Å². The Morgan fingerprint density at radius 3 is 2.00 bits per heavy atom. The third-order valence-electron chi connectivity index (χ3n) is 3.01. The highest BCUT2D eigenvalue weighted by Crippen LogP contribution is 2.25. The van der Waals surface area contributed by atoms with Crippen molar-refractivity contribution in [3.8, 4) is 0 Å². The van der Waals surface area contributed by atoms with Crippen LogP contribution in [-0.2, 0) is 14.3 Å². The van der Waals surface area contributed by atoms with Gasteiger partial charge >= 0.3 is 0 Å². The van der Waals surface area contributed by atoms with Crippen molar-refractivity contribution in [2.45, 2.75) is 65.5 Å². The number of quaternary nitrogens is 1. The lowest BCUT2D eigenvalue weighted by Gasteiger charge is -2.45. The molecule has 0 fully saturated rings. The maximum Gasteiger partial charge on any atom is 0.225 e. The Hall–Kier alpha value is -1.14. The van der Waals surface area contributed by atoms with Crippen molar-refractivity contribution in [2.24, 2.45) is 0 Å². The lowest BCUT2D eigenvalue weighted by molar-refractivity contribution is -0.374. The molecule has 0 saturated heterocycles. The van der Waals surface area contributed by atoms with Crippen molar-refractivity contribution in [2.75, 3.05) is 26.3 Å². The third kappa shape index (κ3) is 8.34. The van der Waals surface area contributed by atoms with Gasteiger partial charge in [0.25, 0.3) is 0 Å². The van der Waals surface area contributed by atoms with Gasteiger partial charge in [0, 0.05) is 30.5 Å². The van der Waals surface area contributed by atoms with Crippen molar-refractivity contribution in [3.05, 3.63) is 0 Å². The van der Waals surface area contributed by atoms with Gasteiger partial charge in [0.15, 0.2) is 0 Å². The number of hydrogen-bond donors (Lipinski definition) is 2. The van der Waals surface area contributed by atoms with E-state index in [-0.39, 0.29) is 22.9 Å². The number of nitrogens with zero attached hydrogens (tertiary/aromatic N) is 1. The number of hydrogen-bond acceptors (Lipinski definition) is 3. The predicted molar refractivity (Wildman–Crippen MR) is 87.2 cm³/mol. The molecule has 0 unspecified atom stereocenters. The molecule has 0 aromatic rings. The quantitative estimate of drug-likeness (QED) is 0.642. The summed E-state index contributed by atoms with van der Waals surface area (Å²) in [6.07, 6.45) is 0.621. The van der Waals surface area contributed by atoms with Crippen molar-refractivity contribution in [3.63, 3.8) is 0 Å². The van der Waals surface area contributed by atoms with E-state index in [2.05, 4.69) is 11.1 Å². The smallest absolute Gasteiger partial charge is 0.225 e. The van der Waals surface area contributed by atoms with Crippen LogP contribution in [0.25, 0.3) is 0 Å². The second-order valence-electron chi connectivity index (χ2n) is 7.39. The average Bonchev–Trinajstić information content (AvgIpc) is 2.31. The van der Waals surface area contributed by atoms with E-state index in [4.69, 9.17) is 4.74 Å². The second-order valence-corrected chi connectivity index (χ2v) is 7.39. The minimum absolute atomic E-state index is 0.0496. The monoisotopic (exact) mass is 316 g/mol. The molecule has 0 radical (unpaired) electrons. The van der Waals surface area contributed by atoms with Crippen molar-refractivity contribution in [1.29, 1.82) is 0 Å². The molecule has 0 atom stereocenters. The summed E-state index contributed by atoms with van der Waals surface area (Å²) in [7, 11) is 0. The first-order chi connectivity index (χ1) is 10.00. The standard InChI is InChI=1S/C16H33N3O3/c1-15(2,3)19(16(4,5)6)14(21)7-10-18-13(20)8-11-22-12-9-17/h7-12,17H2,1-6H3,(H,18,20)/p+1. The Labute approximate surface area is 134 Å². The van der Waals surface area contributed by atoms with Crippen LogP contribution >= 0.6 is 0 Å². The summed E-state index contributed by atoms with van der Waals surface area (Å²) in [5.74, 6) is -0.0384. The van der Waals surface area contributed by atoms with Gasteiger partial charge in [0.05, 0.1) is 19.8 Å². The first-order valence-electron chi connectivity index (χ1n) is 7.97. The number of carbonyl (C=O) groups is 2. The lowest BCUT2D eigenvalue weighted by atomic mass is 9.95. The molecule has 0 bridgehead atoms. The maximum absolute atomic E-state index is 12.5. The first-order valence-corrected chi connectivity index (χ1v) is 7.97. The normalized spacial score (nSPS) is 12.1. The van der Waals surface area contributed by atoms with E-state index in [1.165, 1.54) is 0 Å². The van der Waals surface area contributed by atoms with Crippen LogP contribution < -0.4 is 11.1 Å². The van der Waals surface area contributed by atoms with Gasteiger partial charge in [-0.05, 0) is 41.5 Å². The van der Waals surface area contributed by atoms with Crippen LogP contribution in [-0.4, -0.2) is 54.1 Å². The molecule has 0 heterocycles. The van der Waals surface area contributed by atoms with E-state index in [0.717, 1.165) is 0 Å². The molecular formula is C16H34N3O3+. The molecule has 0 rings (SSSR count). The third-order valence-corrected chi connectivity index (χ3v) is 3.01. The summed E-state index contributed by atoms with van der Waals surface area (Å²) >= 11 is 0. The van der Waals surface area contributed by atoms with Gasteiger partial charge in [0.2, 0.25) is 11.8 Å². The van der Waals surface area contributed by atoms with E-state index < -0.39 is 0 Å². The van der Waals surface area contributed by atoms with Crippen LogP contribution in [0.1, 0.15) is 54.4 Å². The molecule has 0 aliphatic carbocycles.